The van der Waals surface area contributed by atoms with Gasteiger partial charge < -0.3 is 5.32 Å². The van der Waals surface area contributed by atoms with Crippen molar-refractivity contribution >= 4 is 15.9 Å². The van der Waals surface area contributed by atoms with Gasteiger partial charge in [-0.15, -0.1) is 0 Å². The number of nitrogens with zero attached hydrogens (tertiary/aromatic N) is 1. The molecule has 4 heteroatoms. The SMILES string of the molecule is N#CCC(NCc1cc(F)ccc1Br)c1ccccc1. The van der Waals surface area contributed by atoms with Crippen LogP contribution in [0.1, 0.15) is 23.6 Å². The van der Waals surface area contributed by atoms with Crippen LogP contribution in [-0.2, 0) is 6.54 Å². The first kappa shape index (κ1) is 14.7. The second-order valence-corrected chi connectivity index (χ2v) is 5.30. The summed E-state index contributed by atoms with van der Waals surface area (Å²) in [6.45, 7) is 0.500. The summed E-state index contributed by atoms with van der Waals surface area (Å²) < 4.78 is 14.1. The van der Waals surface area contributed by atoms with Crippen molar-refractivity contribution in [1.29, 1.82) is 5.26 Å². The van der Waals surface area contributed by atoms with Crippen LogP contribution < -0.4 is 5.32 Å². The Kier molecular flexibility index (Phi) is 5.28. The summed E-state index contributed by atoms with van der Waals surface area (Å²) in [5.74, 6) is -0.262. The van der Waals surface area contributed by atoms with Gasteiger partial charge in [0.2, 0.25) is 0 Å². The molecule has 0 amide bonds. The Balaban J connectivity index is 2.10. The van der Waals surface area contributed by atoms with Crippen LogP contribution in [0.3, 0.4) is 0 Å². The maximum Gasteiger partial charge on any atom is 0.123 e. The van der Waals surface area contributed by atoms with E-state index in [2.05, 4.69) is 27.3 Å². The summed E-state index contributed by atoms with van der Waals surface area (Å²) in [5, 5.41) is 12.2. The highest BCUT2D eigenvalue weighted by Crippen LogP contribution is 2.21. The van der Waals surface area contributed by atoms with E-state index < -0.39 is 0 Å². The molecule has 0 aliphatic heterocycles. The highest BCUT2D eigenvalue weighted by molar-refractivity contribution is 9.10. The highest BCUT2D eigenvalue weighted by Gasteiger charge is 2.11. The minimum Gasteiger partial charge on any atom is -0.305 e. The van der Waals surface area contributed by atoms with Gasteiger partial charge >= 0.3 is 0 Å². The molecule has 1 atom stereocenters. The summed E-state index contributed by atoms with van der Waals surface area (Å²) in [4.78, 5) is 0. The molecule has 0 fully saturated rings. The van der Waals surface area contributed by atoms with Gasteiger partial charge in [0.15, 0.2) is 0 Å². The van der Waals surface area contributed by atoms with E-state index in [1.54, 1.807) is 6.07 Å². The zero-order chi connectivity index (χ0) is 14.4. The Morgan fingerprint density at radius 2 is 1.95 bits per heavy atom. The average molecular weight is 333 g/mol. The maximum atomic E-state index is 13.2. The number of hydrogen-bond acceptors (Lipinski definition) is 2. The van der Waals surface area contributed by atoms with E-state index in [0.717, 1.165) is 15.6 Å². The Morgan fingerprint density at radius 1 is 1.20 bits per heavy atom. The number of halogens is 2. The summed E-state index contributed by atoms with van der Waals surface area (Å²) >= 11 is 3.40. The summed E-state index contributed by atoms with van der Waals surface area (Å²) in [7, 11) is 0. The molecule has 0 heterocycles. The molecule has 2 aromatic carbocycles. The van der Waals surface area contributed by atoms with Crippen LogP contribution in [0.5, 0.6) is 0 Å². The number of benzene rings is 2. The first-order chi connectivity index (χ1) is 9.70. The van der Waals surface area contributed by atoms with Gasteiger partial charge in [-0.2, -0.15) is 5.26 Å². The molecule has 0 aromatic heterocycles. The summed E-state index contributed by atoms with van der Waals surface area (Å²) in [6, 6.07) is 16.5. The molecule has 0 saturated heterocycles. The Labute approximate surface area is 126 Å². The molecule has 20 heavy (non-hydrogen) atoms. The third kappa shape index (κ3) is 3.89. The van der Waals surface area contributed by atoms with Crippen LogP contribution in [-0.4, -0.2) is 0 Å². The van der Waals surface area contributed by atoms with Crippen molar-refractivity contribution in [3.05, 3.63) is 69.9 Å². The van der Waals surface area contributed by atoms with E-state index in [1.165, 1.54) is 12.1 Å². The second kappa shape index (κ2) is 7.18. The molecule has 102 valence electrons. The molecule has 1 unspecified atom stereocenters. The van der Waals surface area contributed by atoms with Crippen molar-refractivity contribution in [2.75, 3.05) is 0 Å². The lowest BCUT2D eigenvalue weighted by Crippen LogP contribution is -2.20. The second-order valence-electron chi connectivity index (χ2n) is 4.44. The van der Waals surface area contributed by atoms with Crippen LogP contribution in [0.15, 0.2) is 53.0 Å². The first-order valence-corrected chi connectivity index (χ1v) is 7.09. The van der Waals surface area contributed by atoms with E-state index in [9.17, 15) is 4.39 Å². The van der Waals surface area contributed by atoms with E-state index in [4.69, 9.17) is 5.26 Å². The predicted octanol–water partition coefficient (Wildman–Crippen LogP) is 4.33. The molecule has 2 nitrogen and oxygen atoms in total. The average Bonchev–Trinajstić information content (AvgIpc) is 2.47. The van der Waals surface area contributed by atoms with E-state index in [0.29, 0.717) is 13.0 Å². The Hall–Kier alpha value is -1.70. The van der Waals surface area contributed by atoms with Crippen molar-refractivity contribution in [3.63, 3.8) is 0 Å². The van der Waals surface area contributed by atoms with Crippen LogP contribution in [0.4, 0.5) is 4.39 Å². The number of hydrogen-bond donors (Lipinski definition) is 1. The quantitative estimate of drug-likeness (QED) is 0.884. The lowest BCUT2D eigenvalue weighted by Gasteiger charge is -2.17. The molecule has 2 rings (SSSR count). The molecule has 0 aliphatic rings. The molecule has 0 spiro atoms. The summed E-state index contributed by atoms with van der Waals surface area (Å²) in [5.41, 5.74) is 1.89. The van der Waals surface area contributed by atoms with Gasteiger partial charge in [0.25, 0.3) is 0 Å². The third-order valence-electron chi connectivity index (χ3n) is 3.04. The zero-order valence-corrected chi connectivity index (χ0v) is 12.4. The minimum absolute atomic E-state index is 0.0589. The first-order valence-electron chi connectivity index (χ1n) is 6.30. The van der Waals surface area contributed by atoms with Gasteiger partial charge in [0, 0.05) is 17.1 Å². The van der Waals surface area contributed by atoms with Crippen LogP contribution in [0.2, 0.25) is 0 Å². The lowest BCUT2D eigenvalue weighted by molar-refractivity contribution is 0.538. The van der Waals surface area contributed by atoms with Gasteiger partial charge in [0.05, 0.1) is 12.5 Å². The summed E-state index contributed by atoms with van der Waals surface area (Å²) in [6.07, 6.45) is 0.372. The molecule has 2 aromatic rings. The number of rotatable bonds is 5. The molecular formula is C16H14BrFN2. The maximum absolute atomic E-state index is 13.2. The van der Waals surface area contributed by atoms with Crippen molar-refractivity contribution in [2.45, 2.75) is 19.0 Å². The van der Waals surface area contributed by atoms with Gasteiger partial charge in [0.1, 0.15) is 5.82 Å². The fourth-order valence-electron chi connectivity index (χ4n) is 2.00. The van der Waals surface area contributed by atoms with E-state index in [1.807, 2.05) is 30.3 Å². The van der Waals surface area contributed by atoms with E-state index in [-0.39, 0.29) is 11.9 Å². The van der Waals surface area contributed by atoms with Crippen LogP contribution in [0, 0.1) is 17.1 Å². The standard InChI is InChI=1S/C16H14BrFN2/c17-15-7-6-14(18)10-13(15)11-20-16(8-9-19)12-4-2-1-3-5-12/h1-7,10,16,20H,8,11H2. The number of nitrogens with one attached hydrogen (secondary N) is 1. The van der Waals surface area contributed by atoms with Crippen molar-refractivity contribution in [2.24, 2.45) is 0 Å². The molecule has 1 N–H and O–H groups in total. The van der Waals surface area contributed by atoms with Crippen molar-refractivity contribution < 1.29 is 4.39 Å². The minimum atomic E-state index is -0.262. The normalized spacial score (nSPS) is 11.8. The van der Waals surface area contributed by atoms with Crippen molar-refractivity contribution in [3.8, 4) is 6.07 Å². The van der Waals surface area contributed by atoms with Crippen molar-refractivity contribution in [1.82, 2.24) is 5.32 Å². The third-order valence-corrected chi connectivity index (χ3v) is 3.82. The molecular weight excluding hydrogens is 319 g/mol. The lowest BCUT2D eigenvalue weighted by atomic mass is 10.0. The predicted molar refractivity (Wildman–Crippen MR) is 80.4 cm³/mol. The smallest absolute Gasteiger partial charge is 0.123 e. The zero-order valence-electron chi connectivity index (χ0n) is 10.8. The largest absolute Gasteiger partial charge is 0.305 e. The molecule has 0 aliphatic carbocycles. The highest BCUT2D eigenvalue weighted by atomic mass is 79.9. The van der Waals surface area contributed by atoms with Gasteiger partial charge in [-0.05, 0) is 29.3 Å². The van der Waals surface area contributed by atoms with Gasteiger partial charge in [-0.1, -0.05) is 46.3 Å². The van der Waals surface area contributed by atoms with Gasteiger partial charge in [-0.25, -0.2) is 4.39 Å². The molecule has 0 saturated carbocycles. The Morgan fingerprint density at radius 3 is 2.65 bits per heavy atom. The van der Waals surface area contributed by atoms with Gasteiger partial charge in [-0.3, -0.25) is 0 Å². The molecule has 0 radical (unpaired) electrons. The van der Waals surface area contributed by atoms with Crippen LogP contribution >= 0.6 is 15.9 Å². The Bertz CT molecular complexity index is 608. The molecule has 0 bridgehead atoms. The topological polar surface area (TPSA) is 35.8 Å². The van der Waals surface area contributed by atoms with E-state index >= 15 is 0 Å². The monoisotopic (exact) mass is 332 g/mol. The number of nitriles is 1. The fourth-order valence-corrected chi connectivity index (χ4v) is 2.38. The van der Waals surface area contributed by atoms with Crippen LogP contribution in [0.25, 0.3) is 0 Å². The fraction of sp³-hybridized carbons (Fsp3) is 0.188.